The van der Waals surface area contributed by atoms with Crippen LogP contribution in [0.2, 0.25) is 5.02 Å². The lowest BCUT2D eigenvalue weighted by Gasteiger charge is -2.23. The Bertz CT molecular complexity index is 597. The molecule has 0 aliphatic heterocycles. The molecule has 1 atom stereocenters. The minimum Gasteiger partial charge on any atom is -0.369 e. The van der Waals surface area contributed by atoms with Crippen LogP contribution < -0.4 is 10.6 Å². The maximum Gasteiger partial charge on any atom is 0.0798 e. The Morgan fingerprint density at radius 3 is 2.81 bits per heavy atom. The molecule has 0 spiro atoms. The van der Waals surface area contributed by atoms with Crippen LogP contribution >= 0.6 is 22.9 Å². The highest BCUT2D eigenvalue weighted by molar-refractivity contribution is 7.09. The zero-order valence-electron chi connectivity index (χ0n) is 12.8. The van der Waals surface area contributed by atoms with Gasteiger partial charge in [0.25, 0.3) is 0 Å². The molecule has 3 nitrogen and oxygen atoms in total. The number of rotatable bonds is 6. The number of hydrogen-bond donors (Lipinski definition) is 1. The monoisotopic (exact) mass is 323 g/mol. The number of benzene rings is 1. The van der Waals surface area contributed by atoms with Gasteiger partial charge in [0.2, 0.25) is 0 Å². The molecule has 21 heavy (non-hydrogen) atoms. The third-order valence-electron chi connectivity index (χ3n) is 3.69. The van der Waals surface area contributed by atoms with Gasteiger partial charge >= 0.3 is 0 Å². The summed E-state index contributed by atoms with van der Waals surface area (Å²) in [6.07, 6.45) is 1.84. The molecule has 2 rings (SSSR count). The molecule has 0 bridgehead atoms. The minimum atomic E-state index is 0.184. The van der Waals surface area contributed by atoms with E-state index in [0.29, 0.717) is 0 Å². The second kappa shape index (κ2) is 7.25. The average Bonchev–Trinajstić information content (AvgIpc) is 2.86. The average molecular weight is 324 g/mol. The molecule has 0 aliphatic carbocycles. The summed E-state index contributed by atoms with van der Waals surface area (Å²) in [7, 11) is 2.09. The molecular weight excluding hydrogens is 302 g/mol. The number of anilines is 1. The van der Waals surface area contributed by atoms with E-state index in [1.165, 1.54) is 10.4 Å². The predicted octanol–water partition coefficient (Wildman–Crippen LogP) is 4.02. The van der Waals surface area contributed by atoms with Crippen molar-refractivity contribution in [2.45, 2.75) is 39.3 Å². The first-order chi connectivity index (χ1) is 10.0. The molecule has 1 unspecified atom stereocenters. The fourth-order valence-corrected chi connectivity index (χ4v) is 3.27. The summed E-state index contributed by atoms with van der Waals surface area (Å²) < 4.78 is 0. The molecule has 5 heteroatoms. The molecular formula is C16H22ClN3S. The zero-order chi connectivity index (χ0) is 15.4. The number of nitrogens with zero attached hydrogens (tertiary/aromatic N) is 2. The van der Waals surface area contributed by atoms with Crippen LogP contribution in [0.15, 0.2) is 23.7 Å². The van der Waals surface area contributed by atoms with Crippen LogP contribution in [-0.4, -0.2) is 18.1 Å². The van der Waals surface area contributed by atoms with Crippen molar-refractivity contribution < 1.29 is 0 Å². The van der Waals surface area contributed by atoms with Gasteiger partial charge < -0.3 is 10.6 Å². The molecule has 0 fully saturated rings. The lowest BCUT2D eigenvalue weighted by atomic mass is 10.0. The van der Waals surface area contributed by atoms with Gasteiger partial charge in [-0.1, -0.05) is 24.6 Å². The van der Waals surface area contributed by atoms with Crippen LogP contribution in [0.3, 0.4) is 0 Å². The normalized spacial score (nSPS) is 12.4. The van der Waals surface area contributed by atoms with Crippen molar-refractivity contribution in [2.75, 3.05) is 11.9 Å². The van der Waals surface area contributed by atoms with Crippen molar-refractivity contribution in [1.29, 1.82) is 0 Å². The van der Waals surface area contributed by atoms with Crippen molar-refractivity contribution in [2.24, 2.45) is 5.73 Å². The Morgan fingerprint density at radius 1 is 1.43 bits per heavy atom. The third-order valence-corrected chi connectivity index (χ3v) is 4.85. The number of nitrogens with two attached hydrogens (primary N) is 1. The maximum absolute atomic E-state index is 6.18. The SMILES string of the molecule is CCC(N)Cc1ccc(Cl)cc1N(C)Cc1scnc1C. The summed E-state index contributed by atoms with van der Waals surface area (Å²) in [6, 6.07) is 6.23. The summed E-state index contributed by atoms with van der Waals surface area (Å²) in [5, 5.41) is 0.756. The van der Waals surface area contributed by atoms with Crippen LogP contribution in [0.4, 0.5) is 5.69 Å². The second-order valence-corrected chi connectivity index (χ2v) is 6.74. The Kier molecular flexibility index (Phi) is 5.62. The van der Waals surface area contributed by atoms with Crippen LogP contribution in [0, 0.1) is 6.92 Å². The lowest BCUT2D eigenvalue weighted by Crippen LogP contribution is -2.24. The van der Waals surface area contributed by atoms with Gasteiger partial charge in [-0.15, -0.1) is 11.3 Å². The Balaban J connectivity index is 2.24. The second-order valence-electron chi connectivity index (χ2n) is 5.36. The predicted molar refractivity (Wildman–Crippen MR) is 92.4 cm³/mol. The standard InChI is InChI=1S/C16H22ClN3S/c1-4-14(18)7-12-5-6-13(17)8-15(12)20(3)9-16-11(2)19-10-21-16/h5-6,8,10,14H,4,7,9,18H2,1-3H3. The molecule has 1 heterocycles. The van der Waals surface area contributed by atoms with Crippen molar-refractivity contribution in [3.63, 3.8) is 0 Å². The van der Waals surface area contributed by atoms with E-state index in [4.69, 9.17) is 17.3 Å². The lowest BCUT2D eigenvalue weighted by molar-refractivity contribution is 0.645. The largest absolute Gasteiger partial charge is 0.369 e. The Morgan fingerprint density at radius 2 is 2.19 bits per heavy atom. The highest BCUT2D eigenvalue weighted by Crippen LogP contribution is 2.27. The van der Waals surface area contributed by atoms with E-state index >= 15 is 0 Å². The highest BCUT2D eigenvalue weighted by atomic mass is 35.5. The highest BCUT2D eigenvalue weighted by Gasteiger charge is 2.13. The summed E-state index contributed by atoms with van der Waals surface area (Å²) >= 11 is 7.87. The van der Waals surface area contributed by atoms with Gasteiger partial charge in [-0.05, 0) is 37.5 Å². The van der Waals surface area contributed by atoms with Crippen molar-refractivity contribution in [1.82, 2.24) is 4.98 Å². The van der Waals surface area contributed by atoms with Crippen LogP contribution in [0.5, 0.6) is 0 Å². The number of thiazole rings is 1. The third kappa shape index (κ3) is 4.19. The van der Waals surface area contributed by atoms with Gasteiger partial charge in [0.1, 0.15) is 0 Å². The topological polar surface area (TPSA) is 42.1 Å². The molecule has 1 aromatic carbocycles. The van der Waals surface area contributed by atoms with E-state index in [0.717, 1.165) is 35.8 Å². The minimum absolute atomic E-state index is 0.184. The van der Waals surface area contributed by atoms with Crippen LogP contribution in [-0.2, 0) is 13.0 Å². The molecule has 0 amide bonds. The smallest absolute Gasteiger partial charge is 0.0798 e. The van der Waals surface area contributed by atoms with Gasteiger partial charge in [0, 0.05) is 28.7 Å². The summed E-state index contributed by atoms with van der Waals surface area (Å²) in [5.41, 5.74) is 11.5. The maximum atomic E-state index is 6.18. The zero-order valence-corrected chi connectivity index (χ0v) is 14.3. The number of aryl methyl sites for hydroxylation is 1. The molecule has 2 N–H and O–H groups in total. The van der Waals surface area contributed by atoms with E-state index in [1.807, 2.05) is 24.6 Å². The van der Waals surface area contributed by atoms with Gasteiger partial charge in [0.05, 0.1) is 17.7 Å². The van der Waals surface area contributed by atoms with Crippen LogP contribution in [0.25, 0.3) is 0 Å². The van der Waals surface area contributed by atoms with Crippen LogP contribution in [0.1, 0.15) is 29.5 Å². The first-order valence-electron chi connectivity index (χ1n) is 7.15. The first-order valence-corrected chi connectivity index (χ1v) is 8.41. The number of hydrogen-bond acceptors (Lipinski definition) is 4. The molecule has 0 saturated carbocycles. The number of halogens is 1. The molecule has 2 aromatic rings. The first kappa shape index (κ1) is 16.3. The quantitative estimate of drug-likeness (QED) is 0.873. The molecule has 0 aliphatic rings. The molecule has 114 valence electrons. The Hall–Kier alpha value is -1.10. The fraction of sp³-hybridized carbons (Fsp3) is 0.438. The van der Waals surface area contributed by atoms with E-state index in [1.54, 1.807) is 11.3 Å². The molecule has 0 radical (unpaired) electrons. The van der Waals surface area contributed by atoms with Gasteiger partial charge in [-0.25, -0.2) is 4.98 Å². The summed E-state index contributed by atoms with van der Waals surface area (Å²) in [6.45, 7) is 5.00. The summed E-state index contributed by atoms with van der Waals surface area (Å²) in [5.74, 6) is 0. The van der Waals surface area contributed by atoms with Crippen molar-refractivity contribution in [3.8, 4) is 0 Å². The van der Waals surface area contributed by atoms with E-state index in [-0.39, 0.29) is 6.04 Å². The van der Waals surface area contributed by atoms with Gasteiger partial charge in [-0.2, -0.15) is 0 Å². The van der Waals surface area contributed by atoms with Crippen molar-refractivity contribution >= 4 is 28.6 Å². The van der Waals surface area contributed by atoms with Gasteiger partial charge in [-0.3, -0.25) is 0 Å². The van der Waals surface area contributed by atoms with Crippen molar-refractivity contribution in [3.05, 3.63) is 44.9 Å². The van der Waals surface area contributed by atoms with E-state index in [2.05, 4.69) is 29.9 Å². The summed E-state index contributed by atoms with van der Waals surface area (Å²) in [4.78, 5) is 7.82. The van der Waals surface area contributed by atoms with Gasteiger partial charge in [0.15, 0.2) is 0 Å². The Labute approximate surface area is 135 Å². The molecule has 1 aromatic heterocycles. The van der Waals surface area contributed by atoms with E-state index in [9.17, 15) is 0 Å². The fourth-order valence-electron chi connectivity index (χ4n) is 2.27. The molecule has 0 saturated heterocycles. The van der Waals surface area contributed by atoms with E-state index < -0.39 is 0 Å². The number of aromatic nitrogens is 1.